The minimum Gasteiger partial charge on any atom is -0.744 e. The average molecular weight is 401 g/mol. The van der Waals surface area contributed by atoms with E-state index in [1.807, 2.05) is 24.3 Å². The van der Waals surface area contributed by atoms with Crippen LogP contribution in [0.1, 0.15) is 51.0 Å². The first-order chi connectivity index (χ1) is 12.0. The van der Waals surface area contributed by atoms with Crippen LogP contribution in [-0.4, -0.2) is 13.0 Å². The number of benzene rings is 2. The number of para-hydroxylation sites is 1. The normalized spacial score (nSPS) is 11.0. The van der Waals surface area contributed by atoms with Crippen molar-refractivity contribution in [1.29, 1.82) is 0 Å². The monoisotopic (exact) mass is 400 g/mol. The first-order valence-corrected chi connectivity index (χ1v) is 10.2. The van der Waals surface area contributed by atoms with Crippen LogP contribution in [0.25, 0.3) is 0 Å². The molecule has 2 aromatic rings. The topological polar surface area (TPSA) is 66.4 Å². The van der Waals surface area contributed by atoms with Crippen molar-refractivity contribution in [3.05, 3.63) is 54.1 Å². The second kappa shape index (κ2) is 12.3. The van der Waals surface area contributed by atoms with E-state index >= 15 is 0 Å². The SMILES string of the molecule is CCCCCCCCc1cc(Oc2ccccc2)cc(S(=O)(=O)[O-])c1.[K+]. The Morgan fingerprint density at radius 1 is 0.885 bits per heavy atom. The first kappa shape index (κ1) is 23.8. The van der Waals surface area contributed by atoms with Gasteiger partial charge in [-0.3, -0.25) is 0 Å². The summed E-state index contributed by atoms with van der Waals surface area (Å²) in [6.07, 6.45) is 7.68. The number of ether oxygens (including phenoxy) is 1. The fraction of sp³-hybridized carbons (Fsp3) is 0.400. The molecule has 0 aliphatic heterocycles. The molecule has 136 valence electrons. The van der Waals surface area contributed by atoms with E-state index in [2.05, 4.69) is 6.92 Å². The van der Waals surface area contributed by atoms with Gasteiger partial charge in [-0.2, -0.15) is 0 Å². The van der Waals surface area contributed by atoms with E-state index in [9.17, 15) is 13.0 Å². The molecule has 0 aromatic heterocycles. The Kier molecular flexibility index (Phi) is 11.3. The molecule has 0 heterocycles. The van der Waals surface area contributed by atoms with Crippen molar-refractivity contribution in [2.45, 2.75) is 56.8 Å². The van der Waals surface area contributed by atoms with Crippen molar-refractivity contribution < 1.29 is 69.1 Å². The van der Waals surface area contributed by atoms with Crippen molar-refractivity contribution >= 4 is 10.1 Å². The van der Waals surface area contributed by atoms with Crippen LogP contribution >= 0.6 is 0 Å². The molecule has 0 unspecified atom stereocenters. The van der Waals surface area contributed by atoms with Crippen LogP contribution in [-0.2, 0) is 16.5 Å². The summed E-state index contributed by atoms with van der Waals surface area (Å²) in [5.74, 6) is 0.984. The van der Waals surface area contributed by atoms with E-state index in [0.717, 1.165) is 24.8 Å². The fourth-order valence-corrected chi connectivity index (χ4v) is 3.27. The van der Waals surface area contributed by atoms with Crippen molar-refractivity contribution in [2.24, 2.45) is 0 Å². The molecule has 26 heavy (non-hydrogen) atoms. The van der Waals surface area contributed by atoms with Crippen LogP contribution < -0.4 is 56.1 Å². The molecule has 0 radical (unpaired) electrons. The third-order valence-electron chi connectivity index (χ3n) is 4.03. The molecular formula is C20H25KO4S. The predicted octanol–water partition coefficient (Wildman–Crippen LogP) is 2.29. The number of hydrogen-bond acceptors (Lipinski definition) is 4. The van der Waals surface area contributed by atoms with E-state index in [1.54, 1.807) is 12.1 Å². The zero-order valence-corrected chi connectivity index (χ0v) is 19.5. The number of aryl methyl sites for hydroxylation is 1. The maximum absolute atomic E-state index is 11.4. The summed E-state index contributed by atoms with van der Waals surface area (Å²) < 4.78 is 40.0. The Hall–Kier alpha value is -0.214. The van der Waals surface area contributed by atoms with Gasteiger partial charge in [0.2, 0.25) is 0 Å². The average Bonchev–Trinajstić information content (AvgIpc) is 2.58. The van der Waals surface area contributed by atoms with Crippen LogP contribution in [0.5, 0.6) is 11.5 Å². The van der Waals surface area contributed by atoms with E-state index in [4.69, 9.17) is 4.74 Å². The smallest absolute Gasteiger partial charge is 0.744 e. The van der Waals surface area contributed by atoms with Crippen LogP contribution in [0.2, 0.25) is 0 Å². The molecule has 2 rings (SSSR count). The predicted molar refractivity (Wildman–Crippen MR) is 98.0 cm³/mol. The summed E-state index contributed by atoms with van der Waals surface area (Å²) in [7, 11) is -4.51. The largest absolute Gasteiger partial charge is 1.00 e. The molecule has 0 atom stereocenters. The zero-order chi connectivity index (χ0) is 18.1. The number of rotatable bonds is 10. The summed E-state index contributed by atoms with van der Waals surface area (Å²) in [4.78, 5) is -0.234. The van der Waals surface area contributed by atoms with Gasteiger partial charge in [0.15, 0.2) is 0 Å². The first-order valence-electron chi connectivity index (χ1n) is 8.82. The van der Waals surface area contributed by atoms with Crippen molar-refractivity contribution in [1.82, 2.24) is 0 Å². The molecule has 6 heteroatoms. The fourth-order valence-electron chi connectivity index (χ4n) is 2.71. The third kappa shape index (κ3) is 8.65. The third-order valence-corrected chi connectivity index (χ3v) is 4.84. The second-order valence-corrected chi connectivity index (χ2v) is 7.58. The van der Waals surface area contributed by atoms with Gasteiger partial charge >= 0.3 is 51.4 Å². The molecule has 0 N–H and O–H groups in total. The molecule has 0 aliphatic rings. The maximum atomic E-state index is 11.4. The molecule has 2 aromatic carbocycles. The van der Waals surface area contributed by atoms with Gasteiger partial charge in [0.1, 0.15) is 21.6 Å². The van der Waals surface area contributed by atoms with E-state index in [1.165, 1.54) is 37.8 Å². The zero-order valence-electron chi connectivity index (χ0n) is 15.6. The number of unbranched alkanes of at least 4 members (excludes halogenated alkanes) is 5. The van der Waals surface area contributed by atoms with Gasteiger partial charge in [0, 0.05) is 0 Å². The van der Waals surface area contributed by atoms with Gasteiger partial charge in [-0.05, 0) is 48.7 Å². The van der Waals surface area contributed by atoms with Crippen LogP contribution in [0.3, 0.4) is 0 Å². The van der Waals surface area contributed by atoms with Crippen molar-refractivity contribution in [2.75, 3.05) is 0 Å². The van der Waals surface area contributed by atoms with Crippen LogP contribution in [0.4, 0.5) is 0 Å². The summed E-state index contributed by atoms with van der Waals surface area (Å²) in [6.45, 7) is 2.18. The maximum Gasteiger partial charge on any atom is 1.00 e. The van der Waals surface area contributed by atoms with E-state index in [0.29, 0.717) is 11.5 Å². The van der Waals surface area contributed by atoms with Gasteiger partial charge in [0.05, 0.1) is 4.90 Å². The molecule has 0 amide bonds. The Bertz CT molecular complexity index is 761. The summed E-state index contributed by atoms with van der Waals surface area (Å²) in [6, 6.07) is 13.7. The molecule has 4 nitrogen and oxygen atoms in total. The molecule has 0 spiro atoms. The molecule has 0 saturated heterocycles. The van der Waals surface area contributed by atoms with Gasteiger partial charge in [-0.1, -0.05) is 57.2 Å². The van der Waals surface area contributed by atoms with Gasteiger partial charge in [0.25, 0.3) is 0 Å². The quantitative estimate of drug-likeness (QED) is 0.349. The second-order valence-electron chi connectivity index (χ2n) is 6.20. The Morgan fingerprint density at radius 2 is 1.54 bits per heavy atom. The minimum atomic E-state index is -4.51. The summed E-state index contributed by atoms with van der Waals surface area (Å²) >= 11 is 0. The Balaban J connectivity index is 0.00000338. The van der Waals surface area contributed by atoms with Crippen molar-refractivity contribution in [3.63, 3.8) is 0 Å². The summed E-state index contributed by atoms with van der Waals surface area (Å²) in [5.41, 5.74) is 0.818. The molecular weight excluding hydrogens is 375 g/mol. The molecule has 0 fully saturated rings. The molecule has 0 aliphatic carbocycles. The Labute approximate surface area is 199 Å². The minimum absolute atomic E-state index is 0. The van der Waals surface area contributed by atoms with Gasteiger partial charge in [-0.25, -0.2) is 8.42 Å². The van der Waals surface area contributed by atoms with Crippen LogP contribution in [0, 0.1) is 0 Å². The van der Waals surface area contributed by atoms with Crippen LogP contribution in [0.15, 0.2) is 53.4 Å². The van der Waals surface area contributed by atoms with Crippen molar-refractivity contribution in [3.8, 4) is 11.5 Å². The van der Waals surface area contributed by atoms with Gasteiger partial charge < -0.3 is 9.29 Å². The van der Waals surface area contributed by atoms with E-state index < -0.39 is 10.1 Å². The molecule has 0 bridgehead atoms. The summed E-state index contributed by atoms with van der Waals surface area (Å²) in [5, 5.41) is 0. The van der Waals surface area contributed by atoms with Gasteiger partial charge in [-0.15, -0.1) is 0 Å². The standard InChI is InChI=1S/C20H26O4S.K/c1-2-3-4-5-6-8-11-17-14-19(16-20(15-17)25(21,22)23)24-18-12-9-7-10-13-18;/h7,9-10,12-16H,2-6,8,11H2,1H3,(H,21,22,23);/q;+1/p-1. The number of hydrogen-bond donors (Lipinski definition) is 0. The Morgan fingerprint density at radius 3 is 2.19 bits per heavy atom. The van der Waals surface area contributed by atoms with E-state index in [-0.39, 0.29) is 56.3 Å². The molecule has 0 saturated carbocycles.